The molecule has 20 heteroatoms. The molecule has 0 saturated heterocycles. The number of esters is 2. The van der Waals surface area contributed by atoms with E-state index in [1.165, 1.54) is 44.3 Å². The monoisotopic (exact) mass is 1080 g/mol. The van der Waals surface area contributed by atoms with Gasteiger partial charge < -0.3 is 27.9 Å². The van der Waals surface area contributed by atoms with E-state index in [1.54, 1.807) is 6.92 Å². The number of ketones is 1. The van der Waals surface area contributed by atoms with Crippen molar-refractivity contribution < 1.29 is 63.8 Å². The summed E-state index contributed by atoms with van der Waals surface area (Å²) in [5.74, 6) is 6.07. The Balaban J connectivity index is 0. The lowest BCUT2D eigenvalue weighted by Crippen LogP contribution is -2.32. The van der Waals surface area contributed by atoms with E-state index in [0.717, 1.165) is 25.7 Å². The maximum absolute atomic E-state index is 12.7. The average Bonchev–Trinajstić information content (AvgIpc) is 3.23. The Bertz CT molecular complexity index is 2010. The third-order valence-electron chi connectivity index (χ3n) is 10.2. The minimum absolute atomic E-state index is 0.0801. The summed E-state index contributed by atoms with van der Waals surface area (Å²) in [5, 5.41) is 0. The third-order valence-corrected chi connectivity index (χ3v) is 14.6. The highest BCUT2D eigenvalue weighted by Crippen LogP contribution is 2.33. The molecule has 0 N–H and O–H groups in total. The average molecular weight is 1080 g/mol. The molecule has 0 fully saturated rings. The van der Waals surface area contributed by atoms with Crippen LogP contribution in [0.4, 0.5) is 13.2 Å². The van der Waals surface area contributed by atoms with Crippen LogP contribution in [0.2, 0.25) is 65.0 Å². The highest BCUT2D eigenvalue weighted by molar-refractivity contribution is 7.87. The van der Waals surface area contributed by atoms with Crippen LogP contribution in [0.5, 0.6) is 0 Å². The predicted octanol–water partition coefficient (Wildman–Crippen LogP) is 11.5. The second-order valence-corrected chi connectivity index (χ2v) is 38.1. The lowest BCUT2D eigenvalue weighted by molar-refractivity contribution is -0.142. The minimum atomic E-state index is -5.77. The summed E-state index contributed by atoms with van der Waals surface area (Å²) in [6, 6.07) is 1.25. The number of ether oxygens (including phenoxy) is 5. The molecule has 0 amide bonds. The fourth-order valence-electron chi connectivity index (χ4n) is 7.51. The van der Waals surface area contributed by atoms with E-state index in [2.05, 4.69) is 130 Å². The van der Waals surface area contributed by atoms with Gasteiger partial charge in [-0.15, -0.1) is 42.7 Å². The predicted molar refractivity (Wildman–Crippen MR) is 294 cm³/mol. The zero-order valence-electron chi connectivity index (χ0n) is 45.8. The Morgan fingerprint density at radius 2 is 1.24 bits per heavy atom. The van der Waals surface area contributed by atoms with Crippen molar-refractivity contribution in [2.45, 2.75) is 192 Å². The van der Waals surface area contributed by atoms with Crippen molar-refractivity contribution in [3.63, 3.8) is 0 Å². The van der Waals surface area contributed by atoms with Gasteiger partial charge in [-0.05, 0) is 62.0 Å². The Morgan fingerprint density at radius 3 is 1.69 bits per heavy atom. The van der Waals surface area contributed by atoms with Gasteiger partial charge in [0.15, 0.2) is 5.78 Å². The van der Waals surface area contributed by atoms with Crippen molar-refractivity contribution in [3.8, 4) is 22.9 Å². The topological polar surface area (TPSA) is 141 Å². The molecule has 0 bridgehead atoms. The number of allylic oxidation sites excluding steroid dienone is 2. The first-order valence-corrected chi connectivity index (χ1v) is 36.5. The molecule has 0 aliphatic carbocycles. The number of methoxy groups -OCH3 is 2. The van der Waals surface area contributed by atoms with Crippen LogP contribution in [0.1, 0.15) is 91.4 Å². The van der Waals surface area contributed by atoms with Gasteiger partial charge in [0.25, 0.3) is 0 Å². The largest absolute Gasteiger partial charge is 0.534 e. The molecule has 0 aromatic heterocycles. The fraction of sp³-hybridized carbons (Fsp3) is 0.673. The molecule has 0 aromatic rings. The molecule has 72 heavy (non-hydrogen) atoms. The maximum Gasteiger partial charge on any atom is 0.534 e. The molecule has 404 valence electrons. The summed E-state index contributed by atoms with van der Waals surface area (Å²) < 4.78 is 91.6. The van der Waals surface area contributed by atoms with Crippen LogP contribution < -0.4 is 0 Å². The molecule has 0 spiro atoms. The van der Waals surface area contributed by atoms with Gasteiger partial charge in [0.1, 0.15) is 28.0 Å². The van der Waals surface area contributed by atoms with Crippen molar-refractivity contribution >= 4 is 67.5 Å². The van der Waals surface area contributed by atoms with E-state index in [1.807, 2.05) is 26.6 Å². The van der Waals surface area contributed by atoms with Crippen LogP contribution in [-0.2, 0) is 52.4 Å². The Labute approximate surface area is 438 Å². The van der Waals surface area contributed by atoms with Gasteiger partial charge in [-0.1, -0.05) is 97.4 Å². The van der Waals surface area contributed by atoms with Gasteiger partial charge in [-0.3, -0.25) is 14.4 Å². The first-order valence-electron chi connectivity index (χ1n) is 24.4. The zero-order chi connectivity index (χ0) is 56.1. The zero-order valence-corrected chi connectivity index (χ0v) is 49.6. The van der Waals surface area contributed by atoms with Crippen LogP contribution in [0, 0.1) is 40.7 Å². The number of carbonyl (C=O) groups is 3. The Hall–Kier alpha value is -3.53. The maximum atomic E-state index is 12.7. The highest BCUT2D eigenvalue weighted by atomic mass is 32.2. The van der Waals surface area contributed by atoms with E-state index in [0.29, 0.717) is 37.7 Å². The molecule has 0 saturated carbocycles. The van der Waals surface area contributed by atoms with Crippen molar-refractivity contribution in [1.29, 1.82) is 0 Å². The van der Waals surface area contributed by atoms with E-state index >= 15 is 0 Å². The van der Waals surface area contributed by atoms with E-state index in [4.69, 9.17) is 14.2 Å². The van der Waals surface area contributed by atoms with Gasteiger partial charge in [-0.2, -0.15) is 21.6 Å². The SMILES string of the molecule is C=C.C=C(C[C@H](C)C[C@@H]1CC=C[C@@H](CC#C[Si](C)(C)C)O1)C[Si](C)(C)C.COC(=O)C[C@H](C)C[C@@H]1CC(=O)C=CO1.COC(=O)C[C@H](C)C[C@@H]1CC(OS(=O)(=O)C(F)(F)F)=C[C@@H](CC#C[Si](C)(C)C)O1.[B][B]. The molecular weight excluding hydrogens is 996 g/mol. The van der Waals surface area contributed by atoms with Gasteiger partial charge >= 0.3 is 27.6 Å². The van der Waals surface area contributed by atoms with Gasteiger partial charge in [0, 0.05) is 68.1 Å². The normalized spacial score (nSPS) is 20.9. The van der Waals surface area contributed by atoms with Crippen molar-refractivity contribution in [2.75, 3.05) is 14.2 Å². The standard InChI is InChI=1S/C21H38OSi2.C18H27F3O6SSi.C11H16O4.C2H4.B2/c1-18(15-19(2)17-24(6,7)8)16-21-12-9-11-20(22-21)13-10-14-23(3,4)5;1-13(10-17(22)25-2)9-15-12-16(27-28(23,24)18(19,20)21)11-14(26-15)7-6-8-29(3,4)5;1-8(6-11(13)14-2)5-10-7-9(12)3-4-15-10;2*1-2/h9,11,18,20-21H,2,12-13,15-17H2,1,3-8H3;11,13-15H,7,9-10,12H2,1-5H3;3-4,8,10H,5-7H2,1-2H3;1-2H2;/t18-,20-,21-;13-,14-,15-;8-,10-;;/m011../s1. The first-order chi connectivity index (χ1) is 33.2. The minimum Gasteiger partial charge on any atom is -0.497 e. The van der Waals surface area contributed by atoms with Crippen LogP contribution in [-0.4, -0.2) is 116 Å². The number of hydrogen-bond acceptors (Lipinski definition) is 11. The summed E-state index contributed by atoms with van der Waals surface area (Å²) in [4.78, 5) is 33.5. The van der Waals surface area contributed by atoms with Crippen molar-refractivity contribution in [3.05, 3.63) is 61.6 Å². The lowest BCUT2D eigenvalue weighted by Gasteiger charge is -2.30. The van der Waals surface area contributed by atoms with Crippen LogP contribution in [0.3, 0.4) is 0 Å². The number of halogens is 3. The van der Waals surface area contributed by atoms with Gasteiger partial charge in [0.2, 0.25) is 0 Å². The van der Waals surface area contributed by atoms with Crippen LogP contribution in [0.15, 0.2) is 61.6 Å². The molecule has 4 radical (unpaired) electrons. The number of rotatable bonds is 18. The molecule has 3 rings (SSSR count). The highest BCUT2D eigenvalue weighted by Gasteiger charge is 2.49. The second kappa shape index (κ2) is 34.9. The summed E-state index contributed by atoms with van der Waals surface area (Å²) in [6.07, 6.45) is 13.8. The molecule has 3 aliphatic heterocycles. The summed E-state index contributed by atoms with van der Waals surface area (Å²) in [5.41, 5.74) is 2.48. The van der Waals surface area contributed by atoms with Crippen LogP contribution >= 0.6 is 0 Å². The van der Waals surface area contributed by atoms with Crippen molar-refractivity contribution in [1.82, 2.24) is 0 Å². The number of alkyl halides is 3. The Morgan fingerprint density at radius 1 is 0.778 bits per heavy atom. The molecule has 8 atom stereocenters. The molecule has 11 nitrogen and oxygen atoms in total. The first kappa shape index (κ1) is 70.5. The quantitative estimate of drug-likeness (QED) is 0.0323. The number of carbonyl (C=O) groups excluding carboxylic acids is 3. The van der Waals surface area contributed by atoms with Gasteiger partial charge in [-0.25, -0.2) is 0 Å². The van der Waals surface area contributed by atoms with E-state index in [-0.39, 0.29) is 60.8 Å². The number of hydrogen-bond donors (Lipinski definition) is 0. The smallest absolute Gasteiger partial charge is 0.497 e. The molecular formula is C52H85B2F3O11SSi3. The summed E-state index contributed by atoms with van der Waals surface area (Å²) in [6.45, 7) is 36.6. The van der Waals surface area contributed by atoms with Gasteiger partial charge in [0.05, 0.1) is 44.9 Å². The van der Waals surface area contributed by atoms with Crippen molar-refractivity contribution in [2.24, 2.45) is 17.8 Å². The summed E-state index contributed by atoms with van der Waals surface area (Å²) in [7, 11) is 0.910. The van der Waals surface area contributed by atoms with E-state index in [9.17, 15) is 36.0 Å². The molecule has 3 aliphatic rings. The van der Waals surface area contributed by atoms with E-state index < -0.39 is 58.0 Å². The lowest BCUT2D eigenvalue weighted by atomic mass is 9.81. The molecule has 0 unspecified atom stereocenters. The fourth-order valence-corrected chi connectivity index (χ4v) is 10.9. The van der Waals surface area contributed by atoms with Crippen LogP contribution in [0.25, 0.3) is 0 Å². The second-order valence-electron chi connectivity index (χ2n) is 21.6. The summed E-state index contributed by atoms with van der Waals surface area (Å²) >= 11 is 0. The Kier molecular flexibility index (Phi) is 34.2. The molecule has 3 heterocycles. The third kappa shape index (κ3) is 35.6. The molecule has 0 aromatic carbocycles.